The van der Waals surface area contributed by atoms with Crippen molar-refractivity contribution in [2.45, 2.75) is 4.90 Å². The van der Waals surface area contributed by atoms with E-state index < -0.39 is 21.6 Å². The summed E-state index contributed by atoms with van der Waals surface area (Å²) in [5, 5.41) is 4.23. The lowest BCUT2D eigenvalue weighted by Gasteiger charge is -2.08. The highest BCUT2D eigenvalue weighted by Crippen LogP contribution is 2.26. The van der Waals surface area contributed by atoms with Crippen molar-refractivity contribution >= 4 is 15.8 Å². The third kappa shape index (κ3) is 3.50. The van der Waals surface area contributed by atoms with Crippen LogP contribution in [0.1, 0.15) is 10.5 Å². The largest absolute Gasteiger partial charge is 0.464 e. The fourth-order valence-electron chi connectivity index (χ4n) is 2.44. The zero-order valence-electron chi connectivity index (χ0n) is 14.0. The minimum atomic E-state index is -3.32. The zero-order valence-corrected chi connectivity index (χ0v) is 14.8. The Kier molecular flexibility index (Phi) is 4.60. The molecule has 0 saturated carbocycles. The van der Waals surface area contributed by atoms with E-state index in [1.54, 1.807) is 12.1 Å². The molecule has 0 radical (unpaired) electrons. The summed E-state index contributed by atoms with van der Waals surface area (Å²) in [7, 11) is -2.07. The van der Waals surface area contributed by atoms with E-state index in [1.807, 2.05) is 0 Å². The number of rotatable bonds is 4. The predicted molar refractivity (Wildman–Crippen MR) is 93.4 cm³/mol. The van der Waals surface area contributed by atoms with Crippen molar-refractivity contribution in [1.29, 1.82) is 0 Å². The molecule has 0 amide bonds. The van der Waals surface area contributed by atoms with Crippen molar-refractivity contribution in [1.82, 2.24) is 9.78 Å². The van der Waals surface area contributed by atoms with Crippen LogP contribution >= 0.6 is 0 Å². The van der Waals surface area contributed by atoms with Gasteiger partial charge in [0, 0.05) is 11.8 Å². The number of methoxy groups -OCH3 is 1. The first-order valence-corrected chi connectivity index (χ1v) is 9.43. The Balaban J connectivity index is 2.14. The van der Waals surface area contributed by atoms with Crippen molar-refractivity contribution in [3.63, 3.8) is 0 Å². The van der Waals surface area contributed by atoms with Gasteiger partial charge in [-0.2, -0.15) is 5.10 Å². The molecule has 2 aromatic carbocycles. The quantitative estimate of drug-likeness (QED) is 0.656. The summed E-state index contributed by atoms with van der Waals surface area (Å²) < 4.78 is 42.6. The number of benzene rings is 2. The van der Waals surface area contributed by atoms with Gasteiger partial charge >= 0.3 is 5.97 Å². The van der Waals surface area contributed by atoms with Gasteiger partial charge in [-0.15, -0.1) is 0 Å². The molecule has 134 valence electrons. The summed E-state index contributed by atoms with van der Waals surface area (Å²) in [5.41, 5.74) is 1.81. The minimum Gasteiger partial charge on any atom is -0.464 e. The second-order valence-corrected chi connectivity index (χ2v) is 7.61. The summed E-state index contributed by atoms with van der Waals surface area (Å²) >= 11 is 0. The van der Waals surface area contributed by atoms with Gasteiger partial charge in [0.25, 0.3) is 0 Å². The van der Waals surface area contributed by atoms with Crippen LogP contribution in [0.4, 0.5) is 4.39 Å². The van der Waals surface area contributed by atoms with Gasteiger partial charge in [0.15, 0.2) is 15.5 Å². The Hall–Kier alpha value is -3.00. The molecule has 6 nitrogen and oxygen atoms in total. The maximum atomic E-state index is 13.2. The van der Waals surface area contributed by atoms with Crippen molar-refractivity contribution in [3.05, 3.63) is 66.1 Å². The molecule has 0 saturated heterocycles. The fourth-order valence-corrected chi connectivity index (χ4v) is 3.07. The van der Waals surface area contributed by atoms with Crippen LogP contribution < -0.4 is 0 Å². The highest BCUT2D eigenvalue weighted by atomic mass is 32.2. The summed E-state index contributed by atoms with van der Waals surface area (Å²) in [6.45, 7) is 0. The Morgan fingerprint density at radius 1 is 1.08 bits per heavy atom. The van der Waals surface area contributed by atoms with E-state index in [0.29, 0.717) is 16.9 Å². The standard InChI is InChI=1S/C18H15FN2O4S/c1-25-18(22)16-11-17(12-3-9-15(10-4-12)26(2,23)24)21(20-16)14-7-5-13(19)6-8-14/h3-11H,1-2H3. The molecule has 8 heteroatoms. The number of hydrogen-bond donors (Lipinski definition) is 0. The van der Waals surface area contributed by atoms with Gasteiger partial charge in [0.1, 0.15) is 5.82 Å². The van der Waals surface area contributed by atoms with E-state index in [4.69, 9.17) is 4.74 Å². The molecule has 0 unspecified atom stereocenters. The molecule has 0 atom stereocenters. The second-order valence-electron chi connectivity index (χ2n) is 5.59. The van der Waals surface area contributed by atoms with Crippen LogP contribution in [0, 0.1) is 5.82 Å². The minimum absolute atomic E-state index is 0.0824. The number of halogens is 1. The van der Waals surface area contributed by atoms with Crippen molar-refractivity contribution in [2.24, 2.45) is 0 Å². The van der Waals surface area contributed by atoms with E-state index in [2.05, 4.69) is 5.10 Å². The second kappa shape index (κ2) is 6.72. The molecule has 26 heavy (non-hydrogen) atoms. The monoisotopic (exact) mass is 374 g/mol. The van der Waals surface area contributed by atoms with E-state index in [1.165, 1.54) is 54.3 Å². The number of esters is 1. The van der Waals surface area contributed by atoms with Crippen LogP contribution in [0.3, 0.4) is 0 Å². The number of ether oxygens (including phenoxy) is 1. The number of nitrogens with zero attached hydrogens (tertiary/aromatic N) is 2. The SMILES string of the molecule is COC(=O)c1cc(-c2ccc(S(C)(=O)=O)cc2)n(-c2ccc(F)cc2)n1. The highest BCUT2D eigenvalue weighted by molar-refractivity contribution is 7.90. The molecule has 1 heterocycles. The summed E-state index contributed by atoms with van der Waals surface area (Å²) in [5.74, 6) is -1.01. The third-order valence-electron chi connectivity index (χ3n) is 3.75. The van der Waals surface area contributed by atoms with Crippen LogP contribution in [0.5, 0.6) is 0 Å². The molecular weight excluding hydrogens is 359 g/mol. The average molecular weight is 374 g/mol. The maximum Gasteiger partial charge on any atom is 0.358 e. The van der Waals surface area contributed by atoms with Gasteiger partial charge in [0.2, 0.25) is 0 Å². The topological polar surface area (TPSA) is 78.3 Å². The van der Waals surface area contributed by atoms with E-state index >= 15 is 0 Å². The lowest BCUT2D eigenvalue weighted by atomic mass is 10.1. The summed E-state index contributed by atoms with van der Waals surface area (Å²) in [4.78, 5) is 12.0. The number of sulfone groups is 1. The van der Waals surface area contributed by atoms with Crippen molar-refractivity contribution < 1.29 is 22.3 Å². The Labute approximate surface area is 149 Å². The van der Waals surface area contributed by atoms with Gasteiger partial charge in [-0.1, -0.05) is 12.1 Å². The summed E-state index contributed by atoms with van der Waals surface area (Å²) in [6.07, 6.45) is 1.13. The first kappa shape index (κ1) is 17.8. The third-order valence-corrected chi connectivity index (χ3v) is 4.88. The molecule has 0 bridgehead atoms. The van der Waals surface area contributed by atoms with Crippen LogP contribution in [-0.4, -0.2) is 37.5 Å². The molecule has 0 aliphatic rings. The van der Waals surface area contributed by atoms with Gasteiger partial charge in [-0.05, 0) is 42.5 Å². The van der Waals surface area contributed by atoms with Crippen molar-refractivity contribution in [2.75, 3.05) is 13.4 Å². The molecule has 0 fully saturated rings. The smallest absolute Gasteiger partial charge is 0.358 e. The molecular formula is C18H15FN2O4S. The predicted octanol–water partition coefficient (Wildman–Crippen LogP) is 2.87. The van der Waals surface area contributed by atoms with Crippen LogP contribution in [0.25, 0.3) is 16.9 Å². The molecule has 0 spiro atoms. The normalized spacial score (nSPS) is 11.3. The number of hydrogen-bond acceptors (Lipinski definition) is 5. The van der Waals surface area contributed by atoms with Crippen LogP contribution in [0.15, 0.2) is 59.5 Å². The van der Waals surface area contributed by atoms with E-state index in [0.717, 1.165) is 6.26 Å². The number of carbonyl (C=O) groups excluding carboxylic acids is 1. The fraction of sp³-hybridized carbons (Fsp3) is 0.111. The zero-order chi connectivity index (χ0) is 18.9. The van der Waals surface area contributed by atoms with Gasteiger partial charge in [-0.25, -0.2) is 22.3 Å². The molecule has 0 aliphatic carbocycles. The van der Waals surface area contributed by atoms with Crippen LogP contribution in [0.2, 0.25) is 0 Å². The van der Waals surface area contributed by atoms with Crippen LogP contribution in [-0.2, 0) is 14.6 Å². The maximum absolute atomic E-state index is 13.2. The Morgan fingerprint density at radius 3 is 2.23 bits per heavy atom. The molecule has 1 aromatic heterocycles. The van der Waals surface area contributed by atoms with E-state index in [-0.39, 0.29) is 10.6 Å². The average Bonchev–Trinajstić information content (AvgIpc) is 3.06. The van der Waals surface area contributed by atoms with Gasteiger partial charge in [0.05, 0.1) is 23.4 Å². The van der Waals surface area contributed by atoms with E-state index in [9.17, 15) is 17.6 Å². The molecule has 3 rings (SSSR count). The van der Waals surface area contributed by atoms with Gasteiger partial charge in [-0.3, -0.25) is 0 Å². The Morgan fingerprint density at radius 2 is 1.69 bits per heavy atom. The number of aromatic nitrogens is 2. The molecule has 3 aromatic rings. The molecule has 0 N–H and O–H groups in total. The Bertz CT molecular complexity index is 1060. The lowest BCUT2D eigenvalue weighted by Crippen LogP contribution is -2.04. The summed E-state index contributed by atoms with van der Waals surface area (Å²) in [6, 6.07) is 13.3. The van der Waals surface area contributed by atoms with Gasteiger partial charge < -0.3 is 4.74 Å². The first-order valence-electron chi connectivity index (χ1n) is 7.54. The van der Waals surface area contributed by atoms with Crippen molar-refractivity contribution in [3.8, 4) is 16.9 Å². The lowest BCUT2D eigenvalue weighted by molar-refractivity contribution is 0.0593. The number of carbonyl (C=O) groups is 1. The first-order chi connectivity index (χ1) is 12.3. The molecule has 0 aliphatic heterocycles. The highest BCUT2D eigenvalue weighted by Gasteiger charge is 2.18.